The standard InChI is InChI=1S/C23H31N5O4S2/c1-15-12-20(32-4)16(2)17(3)22(15)34(30,31)27-14-26-25-11-7-9-19(24)23(29)28-13-18-8-5-6-10-21(18)33-28/h5-6,8,10,12,14,19,25H,7,9,11,13,24H2,1-4H3,(H,26,27)/t19-/m0/s1. The van der Waals surface area contributed by atoms with Gasteiger partial charge in [0.2, 0.25) is 5.91 Å². The Balaban J connectivity index is 1.43. The first-order valence-electron chi connectivity index (χ1n) is 10.9. The zero-order valence-corrected chi connectivity index (χ0v) is 21.4. The molecule has 0 saturated carbocycles. The highest BCUT2D eigenvalue weighted by molar-refractivity contribution is 7.97. The van der Waals surface area contributed by atoms with E-state index in [1.807, 2.05) is 31.2 Å². The summed E-state index contributed by atoms with van der Waals surface area (Å²) in [6, 6.07) is 9.02. The molecule has 0 spiro atoms. The van der Waals surface area contributed by atoms with Gasteiger partial charge in [0.15, 0.2) is 0 Å². The van der Waals surface area contributed by atoms with Crippen molar-refractivity contribution in [3.05, 3.63) is 52.6 Å². The average Bonchev–Trinajstić information content (AvgIpc) is 3.24. The second-order valence-electron chi connectivity index (χ2n) is 8.09. The van der Waals surface area contributed by atoms with Crippen LogP contribution >= 0.6 is 11.9 Å². The van der Waals surface area contributed by atoms with Gasteiger partial charge in [-0.25, -0.2) is 8.42 Å². The Hall–Kier alpha value is -2.76. The number of carbonyl (C=O) groups excluding carboxylic acids is 1. The van der Waals surface area contributed by atoms with Crippen LogP contribution in [-0.4, -0.2) is 44.7 Å². The SMILES string of the molecule is COc1cc(C)c(S(=O)(=O)NC=NNCCC[C@H](N)C(=O)N2Cc3ccccc3S2)c(C)c1C. The van der Waals surface area contributed by atoms with Gasteiger partial charge < -0.3 is 15.9 Å². The fourth-order valence-electron chi connectivity index (χ4n) is 3.77. The highest BCUT2D eigenvalue weighted by Gasteiger charge is 2.28. The van der Waals surface area contributed by atoms with Crippen LogP contribution in [0.15, 0.2) is 45.2 Å². The van der Waals surface area contributed by atoms with Crippen LogP contribution in [0.2, 0.25) is 0 Å². The Kier molecular flexibility index (Phi) is 8.45. The molecule has 2 aromatic carbocycles. The third kappa shape index (κ3) is 5.83. The minimum atomic E-state index is -3.79. The van der Waals surface area contributed by atoms with Gasteiger partial charge in [-0.15, -0.1) is 0 Å². The van der Waals surface area contributed by atoms with E-state index >= 15 is 0 Å². The predicted molar refractivity (Wildman–Crippen MR) is 134 cm³/mol. The Morgan fingerprint density at radius 3 is 2.74 bits per heavy atom. The van der Waals surface area contributed by atoms with Crippen molar-refractivity contribution in [2.45, 2.75) is 56.0 Å². The smallest absolute Gasteiger partial charge is 0.263 e. The first-order valence-corrected chi connectivity index (χ1v) is 13.2. The van der Waals surface area contributed by atoms with Gasteiger partial charge in [0, 0.05) is 11.4 Å². The number of ether oxygens (including phenoxy) is 1. The number of carbonyl (C=O) groups is 1. The molecule has 0 radical (unpaired) electrons. The van der Waals surface area contributed by atoms with E-state index in [1.54, 1.807) is 31.3 Å². The Morgan fingerprint density at radius 1 is 1.29 bits per heavy atom. The molecule has 0 bridgehead atoms. The van der Waals surface area contributed by atoms with Gasteiger partial charge in [-0.3, -0.25) is 13.8 Å². The average molecular weight is 506 g/mol. The topological polar surface area (TPSA) is 126 Å². The van der Waals surface area contributed by atoms with Crippen LogP contribution in [0.1, 0.15) is 35.1 Å². The lowest BCUT2D eigenvalue weighted by molar-refractivity contribution is -0.127. The van der Waals surface area contributed by atoms with E-state index in [2.05, 4.69) is 15.2 Å². The molecule has 2 aromatic rings. The number of benzene rings is 2. The second kappa shape index (κ2) is 11.1. The number of hydrogen-bond acceptors (Lipinski definition) is 8. The van der Waals surface area contributed by atoms with Crippen LogP contribution < -0.4 is 20.6 Å². The molecule has 11 heteroatoms. The van der Waals surface area contributed by atoms with Gasteiger partial charge in [0.25, 0.3) is 10.0 Å². The molecule has 1 amide bonds. The zero-order chi connectivity index (χ0) is 24.9. The van der Waals surface area contributed by atoms with Gasteiger partial charge in [0.05, 0.1) is 24.6 Å². The molecule has 1 aliphatic rings. The van der Waals surface area contributed by atoms with E-state index in [1.165, 1.54) is 11.9 Å². The normalized spacial score (nSPS) is 14.2. The summed E-state index contributed by atoms with van der Waals surface area (Å²) in [4.78, 5) is 13.9. The molecule has 0 saturated heterocycles. The molecule has 0 aromatic heterocycles. The quantitative estimate of drug-likeness (QED) is 0.149. The molecular formula is C23H31N5O4S2. The number of nitrogens with one attached hydrogen (secondary N) is 2. The minimum absolute atomic E-state index is 0.0991. The lowest BCUT2D eigenvalue weighted by atomic mass is 10.1. The van der Waals surface area contributed by atoms with Gasteiger partial charge in [0.1, 0.15) is 12.1 Å². The van der Waals surface area contributed by atoms with Crippen LogP contribution in [0.3, 0.4) is 0 Å². The molecule has 1 heterocycles. The number of hydrazone groups is 1. The number of aryl methyl sites for hydroxylation is 1. The number of methoxy groups -OCH3 is 1. The van der Waals surface area contributed by atoms with Crippen LogP contribution in [0, 0.1) is 20.8 Å². The van der Waals surface area contributed by atoms with Crippen molar-refractivity contribution < 1.29 is 17.9 Å². The largest absolute Gasteiger partial charge is 0.496 e. The highest BCUT2D eigenvalue weighted by Crippen LogP contribution is 2.36. The molecule has 184 valence electrons. The molecule has 1 atom stereocenters. The Labute approximate surface area is 205 Å². The minimum Gasteiger partial charge on any atom is -0.496 e. The maximum Gasteiger partial charge on any atom is 0.263 e. The number of rotatable bonds is 10. The lowest BCUT2D eigenvalue weighted by Gasteiger charge is -2.18. The molecule has 0 aliphatic carbocycles. The fourth-order valence-corrected chi connectivity index (χ4v) is 6.18. The summed E-state index contributed by atoms with van der Waals surface area (Å²) in [7, 11) is -2.23. The van der Waals surface area contributed by atoms with Crippen molar-refractivity contribution in [3.63, 3.8) is 0 Å². The predicted octanol–water partition coefficient (Wildman–Crippen LogP) is 2.59. The number of amides is 1. The number of hydrogen-bond donors (Lipinski definition) is 3. The summed E-state index contributed by atoms with van der Waals surface area (Å²) in [5, 5.41) is 3.91. The van der Waals surface area contributed by atoms with Crippen molar-refractivity contribution in [1.29, 1.82) is 0 Å². The highest BCUT2D eigenvalue weighted by atomic mass is 32.2. The number of fused-ring (bicyclic) bond motifs is 1. The van der Waals surface area contributed by atoms with Crippen molar-refractivity contribution in [2.24, 2.45) is 10.8 Å². The number of nitrogens with two attached hydrogens (primary N) is 1. The summed E-state index contributed by atoms with van der Waals surface area (Å²) in [6.45, 7) is 6.30. The molecule has 1 aliphatic heterocycles. The van der Waals surface area contributed by atoms with Gasteiger partial charge in [-0.05, 0) is 79.9 Å². The van der Waals surface area contributed by atoms with Crippen LogP contribution in [-0.2, 0) is 21.4 Å². The van der Waals surface area contributed by atoms with Crippen molar-refractivity contribution in [2.75, 3.05) is 13.7 Å². The van der Waals surface area contributed by atoms with Gasteiger partial charge in [-0.1, -0.05) is 18.2 Å². The van der Waals surface area contributed by atoms with E-state index in [9.17, 15) is 13.2 Å². The van der Waals surface area contributed by atoms with Crippen molar-refractivity contribution in [3.8, 4) is 5.75 Å². The summed E-state index contributed by atoms with van der Waals surface area (Å²) in [6.07, 6.45) is 2.21. The summed E-state index contributed by atoms with van der Waals surface area (Å²) >= 11 is 1.42. The third-order valence-electron chi connectivity index (χ3n) is 5.69. The molecule has 34 heavy (non-hydrogen) atoms. The molecular weight excluding hydrogens is 474 g/mol. The summed E-state index contributed by atoms with van der Waals surface area (Å²) < 4.78 is 34.9. The molecule has 9 nitrogen and oxygen atoms in total. The van der Waals surface area contributed by atoms with E-state index < -0.39 is 16.1 Å². The lowest BCUT2D eigenvalue weighted by Crippen LogP contribution is -2.39. The third-order valence-corrected chi connectivity index (χ3v) is 8.40. The molecule has 4 N–H and O–H groups in total. The number of nitrogens with zero attached hydrogens (tertiary/aromatic N) is 2. The molecule has 3 rings (SSSR count). The summed E-state index contributed by atoms with van der Waals surface area (Å²) in [5.41, 5.74) is 12.0. The second-order valence-corrected chi connectivity index (χ2v) is 10.8. The maximum atomic E-state index is 12.8. The maximum absolute atomic E-state index is 12.8. The Bertz CT molecular complexity index is 1160. The van der Waals surface area contributed by atoms with Gasteiger partial charge >= 0.3 is 0 Å². The van der Waals surface area contributed by atoms with E-state index in [0.29, 0.717) is 42.8 Å². The van der Waals surface area contributed by atoms with Crippen molar-refractivity contribution in [1.82, 2.24) is 14.5 Å². The number of sulfonamides is 1. The van der Waals surface area contributed by atoms with Crippen molar-refractivity contribution >= 4 is 34.2 Å². The van der Waals surface area contributed by atoms with Crippen LogP contribution in [0.25, 0.3) is 0 Å². The molecule has 0 unspecified atom stereocenters. The van der Waals surface area contributed by atoms with E-state index in [0.717, 1.165) is 22.4 Å². The van der Waals surface area contributed by atoms with E-state index in [4.69, 9.17) is 10.5 Å². The van der Waals surface area contributed by atoms with Gasteiger partial charge in [-0.2, -0.15) is 5.10 Å². The van der Waals surface area contributed by atoms with E-state index in [-0.39, 0.29) is 10.8 Å². The Morgan fingerprint density at radius 2 is 2.03 bits per heavy atom. The van der Waals surface area contributed by atoms with Crippen LogP contribution in [0.4, 0.5) is 0 Å². The first kappa shape index (κ1) is 25.9. The fraction of sp³-hybridized carbons (Fsp3) is 0.391. The molecule has 0 fully saturated rings. The van der Waals surface area contributed by atoms with Crippen LogP contribution in [0.5, 0.6) is 5.75 Å². The monoisotopic (exact) mass is 505 g/mol. The zero-order valence-electron chi connectivity index (χ0n) is 19.8. The first-order chi connectivity index (χ1) is 16.2. The summed E-state index contributed by atoms with van der Waals surface area (Å²) in [5.74, 6) is 0.548.